The second kappa shape index (κ2) is 8.18. The molecule has 1 aliphatic rings. The number of hydrogen-bond acceptors (Lipinski definition) is 7. The van der Waals surface area contributed by atoms with Gasteiger partial charge in [-0.1, -0.05) is 0 Å². The van der Waals surface area contributed by atoms with Crippen LogP contribution in [0.1, 0.15) is 0 Å². The molecule has 2 heterocycles. The quantitative estimate of drug-likeness (QED) is 0.534. The average molecular weight is 212 g/mol. The molecule has 7 heteroatoms. The van der Waals surface area contributed by atoms with Gasteiger partial charge in [0.25, 0.3) is 0 Å². The Labute approximate surface area is 88.5 Å². The molecule has 1 aliphatic heterocycles. The summed E-state index contributed by atoms with van der Waals surface area (Å²) in [6.07, 6.45) is 3.15. The van der Waals surface area contributed by atoms with Crippen LogP contribution in [0, 0.1) is 0 Å². The van der Waals surface area contributed by atoms with Crippen LogP contribution < -0.4 is 10.6 Å². The number of aliphatic hydroxyl groups is 1. The lowest BCUT2D eigenvalue weighted by Crippen LogP contribution is -2.51. The molecule has 1 aromatic heterocycles. The summed E-state index contributed by atoms with van der Waals surface area (Å²) in [5.74, 6) is 0. The van der Waals surface area contributed by atoms with Gasteiger partial charge in [0.15, 0.2) is 0 Å². The zero-order valence-electron chi connectivity index (χ0n) is 8.50. The van der Waals surface area contributed by atoms with Crippen molar-refractivity contribution in [1.82, 2.24) is 30.9 Å². The zero-order chi connectivity index (χ0) is 10.8. The van der Waals surface area contributed by atoms with Crippen molar-refractivity contribution in [3.8, 4) is 0 Å². The van der Waals surface area contributed by atoms with E-state index in [0.29, 0.717) is 0 Å². The Kier molecular flexibility index (Phi) is 6.50. The second-order valence-electron chi connectivity index (χ2n) is 2.92. The van der Waals surface area contributed by atoms with Gasteiger partial charge in [-0.25, -0.2) is 0 Å². The van der Waals surface area contributed by atoms with E-state index in [2.05, 4.69) is 30.9 Å². The number of hydrogen-bond donors (Lipinski definition) is 3. The van der Waals surface area contributed by atoms with E-state index in [0.717, 1.165) is 26.6 Å². The highest BCUT2D eigenvalue weighted by Crippen LogP contribution is 1.84. The highest BCUT2D eigenvalue weighted by molar-refractivity contribution is 4.69. The van der Waals surface area contributed by atoms with Crippen molar-refractivity contribution in [3.63, 3.8) is 0 Å². The van der Waals surface area contributed by atoms with Crippen LogP contribution in [0.4, 0.5) is 0 Å². The van der Waals surface area contributed by atoms with Crippen molar-refractivity contribution in [2.75, 3.05) is 33.2 Å². The lowest BCUT2D eigenvalue weighted by Gasteiger charge is -2.27. The molecule has 1 saturated heterocycles. The SMILES string of the molecule is OCCN1CNCNC1.c1cnnnc1. The van der Waals surface area contributed by atoms with Gasteiger partial charge >= 0.3 is 0 Å². The van der Waals surface area contributed by atoms with Gasteiger partial charge < -0.3 is 5.11 Å². The van der Waals surface area contributed by atoms with Crippen molar-refractivity contribution in [1.29, 1.82) is 0 Å². The van der Waals surface area contributed by atoms with E-state index >= 15 is 0 Å². The Hall–Kier alpha value is -1.15. The summed E-state index contributed by atoms with van der Waals surface area (Å²) in [6, 6.07) is 1.72. The molecule has 2 rings (SSSR count). The molecule has 1 aromatic rings. The molecule has 0 aliphatic carbocycles. The monoisotopic (exact) mass is 212 g/mol. The van der Waals surface area contributed by atoms with E-state index in [-0.39, 0.29) is 6.61 Å². The summed E-state index contributed by atoms with van der Waals surface area (Å²) in [4.78, 5) is 2.10. The van der Waals surface area contributed by atoms with Gasteiger partial charge in [-0.3, -0.25) is 15.5 Å². The standard InChI is InChI=1S/C5H13N3O.C3H3N3/c9-2-1-8-4-6-3-7-5-8;1-2-4-6-5-3-1/h6-7,9H,1-5H2;1-3H. The summed E-state index contributed by atoms with van der Waals surface area (Å²) >= 11 is 0. The van der Waals surface area contributed by atoms with E-state index < -0.39 is 0 Å². The normalized spacial score (nSPS) is 16.6. The van der Waals surface area contributed by atoms with Crippen LogP contribution in [0.25, 0.3) is 0 Å². The molecular formula is C8H16N6O. The molecule has 0 radical (unpaired) electrons. The number of nitrogens with zero attached hydrogens (tertiary/aromatic N) is 4. The summed E-state index contributed by atoms with van der Waals surface area (Å²) < 4.78 is 0. The van der Waals surface area contributed by atoms with Crippen molar-refractivity contribution in [2.24, 2.45) is 0 Å². The topological polar surface area (TPSA) is 86.2 Å². The third kappa shape index (κ3) is 6.02. The van der Waals surface area contributed by atoms with Crippen molar-refractivity contribution in [2.45, 2.75) is 0 Å². The first kappa shape index (κ1) is 11.9. The average Bonchev–Trinajstić information content (AvgIpc) is 2.34. The van der Waals surface area contributed by atoms with E-state index in [1.807, 2.05) is 0 Å². The van der Waals surface area contributed by atoms with Crippen molar-refractivity contribution in [3.05, 3.63) is 18.5 Å². The molecule has 0 bridgehead atoms. The number of aromatic nitrogens is 3. The molecule has 84 valence electrons. The van der Waals surface area contributed by atoms with Crippen LogP contribution in [0.15, 0.2) is 18.5 Å². The minimum atomic E-state index is 0.239. The third-order valence-electron chi connectivity index (χ3n) is 1.75. The Morgan fingerprint density at radius 2 is 1.87 bits per heavy atom. The molecule has 0 spiro atoms. The van der Waals surface area contributed by atoms with Crippen LogP contribution in [0.2, 0.25) is 0 Å². The molecule has 3 N–H and O–H groups in total. The predicted octanol–water partition coefficient (Wildman–Crippen LogP) is -1.78. The molecule has 7 nitrogen and oxygen atoms in total. The fraction of sp³-hybridized carbons (Fsp3) is 0.625. The maximum Gasteiger partial charge on any atom is 0.0559 e. The van der Waals surface area contributed by atoms with Crippen LogP contribution in [-0.4, -0.2) is 58.6 Å². The third-order valence-corrected chi connectivity index (χ3v) is 1.75. The maximum absolute atomic E-state index is 8.52. The summed E-state index contributed by atoms with van der Waals surface area (Å²) in [6.45, 7) is 3.63. The second-order valence-corrected chi connectivity index (χ2v) is 2.92. The molecule has 0 atom stereocenters. The first-order valence-electron chi connectivity index (χ1n) is 4.76. The highest BCUT2D eigenvalue weighted by Gasteiger charge is 2.05. The molecule has 0 amide bonds. The summed E-state index contributed by atoms with van der Waals surface area (Å²) in [5.41, 5.74) is 0. The smallest absolute Gasteiger partial charge is 0.0559 e. The molecular weight excluding hydrogens is 196 g/mol. The minimum absolute atomic E-state index is 0.239. The number of β-amino-alcohol motifs (C(OH)–C–C–N with tert-alkyl or cyclic N) is 1. The van der Waals surface area contributed by atoms with E-state index in [4.69, 9.17) is 5.11 Å². The number of rotatable bonds is 2. The van der Waals surface area contributed by atoms with Gasteiger partial charge in [0, 0.05) is 13.2 Å². The molecule has 0 aromatic carbocycles. The Bertz CT molecular complexity index is 198. The lowest BCUT2D eigenvalue weighted by atomic mass is 10.5. The van der Waals surface area contributed by atoms with Crippen LogP contribution in [-0.2, 0) is 0 Å². The molecule has 0 saturated carbocycles. The fourth-order valence-corrected chi connectivity index (χ4v) is 1.08. The van der Waals surface area contributed by atoms with Crippen LogP contribution >= 0.6 is 0 Å². The summed E-state index contributed by atoms with van der Waals surface area (Å²) in [7, 11) is 0. The van der Waals surface area contributed by atoms with Gasteiger partial charge in [-0.15, -0.1) is 10.2 Å². The van der Waals surface area contributed by atoms with Crippen molar-refractivity contribution >= 4 is 0 Å². The number of aliphatic hydroxyl groups excluding tert-OH is 1. The van der Waals surface area contributed by atoms with E-state index in [1.54, 1.807) is 18.5 Å². The molecule has 15 heavy (non-hydrogen) atoms. The van der Waals surface area contributed by atoms with Crippen LogP contribution in [0.3, 0.4) is 0 Å². The van der Waals surface area contributed by atoms with Gasteiger partial charge in [0.05, 0.1) is 32.3 Å². The van der Waals surface area contributed by atoms with Gasteiger partial charge in [-0.2, -0.15) is 0 Å². The van der Waals surface area contributed by atoms with Crippen molar-refractivity contribution < 1.29 is 5.11 Å². The largest absolute Gasteiger partial charge is 0.395 e. The minimum Gasteiger partial charge on any atom is -0.395 e. The van der Waals surface area contributed by atoms with Crippen LogP contribution in [0.5, 0.6) is 0 Å². The molecule has 0 unspecified atom stereocenters. The van der Waals surface area contributed by atoms with Gasteiger partial charge in [0.2, 0.25) is 0 Å². The zero-order valence-corrected chi connectivity index (χ0v) is 8.50. The molecule has 1 fully saturated rings. The van der Waals surface area contributed by atoms with Gasteiger partial charge in [0.1, 0.15) is 0 Å². The van der Waals surface area contributed by atoms with Gasteiger partial charge in [-0.05, 0) is 11.3 Å². The van der Waals surface area contributed by atoms with E-state index in [9.17, 15) is 0 Å². The first-order chi connectivity index (χ1) is 7.43. The van der Waals surface area contributed by atoms with E-state index in [1.165, 1.54) is 0 Å². The number of nitrogens with one attached hydrogen (secondary N) is 2. The predicted molar refractivity (Wildman–Crippen MR) is 54.5 cm³/mol. The Morgan fingerprint density at radius 1 is 1.20 bits per heavy atom. The Balaban J connectivity index is 0.000000162. The summed E-state index contributed by atoms with van der Waals surface area (Å²) in [5, 5.41) is 24.9. The fourth-order valence-electron chi connectivity index (χ4n) is 1.08. The Morgan fingerprint density at radius 3 is 2.27 bits per heavy atom. The lowest BCUT2D eigenvalue weighted by molar-refractivity contribution is 0.150. The maximum atomic E-state index is 8.52. The first-order valence-corrected chi connectivity index (χ1v) is 4.76. The highest BCUT2D eigenvalue weighted by atomic mass is 16.3.